The number of carbonyl (C=O) groups is 2. The molecule has 1 aliphatic rings. The van der Waals surface area contributed by atoms with Crippen LogP contribution in [0.4, 0.5) is 16.2 Å². The van der Waals surface area contributed by atoms with Crippen LogP contribution in [0, 0.1) is 6.92 Å². The number of thioether (sulfide) groups is 1. The summed E-state index contributed by atoms with van der Waals surface area (Å²) in [7, 11) is 0. The fourth-order valence-electron chi connectivity index (χ4n) is 2.76. The highest BCUT2D eigenvalue weighted by atomic mass is 32.2. The molecule has 0 saturated heterocycles. The van der Waals surface area contributed by atoms with Gasteiger partial charge in [0.05, 0.1) is 18.0 Å². The highest BCUT2D eigenvalue weighted by Gasteiger charge is 2.25. The zero-order valence-electron chi connectivity index (χ0n) is 15.2. The van der Waals surface area contributed by atoms with Gasteiger partial charge in [-0.1, -0.05) is 29.8 Å². The number of hydrogen-bond acceptors (Lipinski definition) is 3. The van der Waals surface area contributed by atoms with Gasteiger partial charge >= 0.3 is 6.03 Å². The molecule has 0 atom stereocenters. The molecule has 26 heavy (non-hydrogen) atoms. The van der Waals surface area contributed by atoms with Crippen molar-refractivity contribution in [3.8, 4) is 0 Å². The molecule has 6 heteroatoms. The Morgan fingerprint density at radius 1 is 1.19 bits per heavy atom. The Hall–Kier alpha value is -2.47. The summed E-state index contributed by atoms with van der Waals surface area (Å²) < 4.78 is 0. The average Bonchev–Trinajstić information content (AvgIpc) is 2.58. The lowest BCUT2D eigenvalue weighted by Gasteiger charge is -2.29. The number of benzene rings is 2. The molecule has 0 unspecified atom stereocenters. The van der Waals surface area contributed by atoms with Crippen LogP contribution in [0.15, 0.2) is 47.4 Å². The van der Waals surface area contributed by atoms with Crippen LogP contribution in [0.1, 0.15) is 25.0 Å². The zero-order chi connectivity index (χ0) is 18.7. The van der Waals surface area contributed by atoms with Crippen LogP contribution in [0.3, 0.4) is 0 Å². The number of carbonyl (C=O) groups excluding carboxylic acids is 2. The number of hydrogen-bond donors (Lipinski definition) is 2. The largest absolute Gasteiger partial charge is 0.336 e. The van der Waals surface area contributed by atoms with E-state index in [2.05, 4.69) is 10.6 Å². The fraction of sp³-hybridized carbons (Fsp3) is 0.300. The molecule has 1 aliphatic heterocycles. The molecule has 2 N–H and O–H groups in total. The van der Waals surface area contributed by atoms with Crippen molar-refractivity contribution in [3.05, 3.63) is 53.6 Å². The molecule has 136 valence electrons. The lowest BCUT2D eigenvalue weighted by atomic mass is 10.1. The smallest absolute Gasteiger partial charge is 0.319 e. The minimum absolute atomic E-state index is 0.0581. The highest BCUT2D eigenvalue weighted by molar-refractivity contribution is 8.00. The Balaban J connectivity index is 1.84. The number of amides is 3. The summed E-state index contributed by atoms with van der Waals surface area (Å²) in [5.74, 6) is 0.506. The summed E-state index contributed by atoms with van der Waals surface area (Å²) in [4.78, 5) is 27.3. The van der Waals surface area contributed by atoms with Crippen molar-refractivity contribution in [2.75, 3.05) is 16.0 Å². The Bertz CT molecular complexity index is 818. The summed E-state index contributed by atoms with van der Waals surface area (Å²) in [5.41, 5.74) is 3.79. The summed E-state index contributed by atoms with van der Waals surface area (Å²) >= 11 is 1.53. The topological polar surface area (TPSA) is 61.4 Å². The van der Waals surface area contributed by atoms with Gasteiger partial charge in [-0.05, 0) is 44.5 Å². The number of anilines is 2. The van der Waals surface area contributed by atoms with Gasteiger partial charge in [-0.15, -0.1) is 11.8 Å². The van der Waals surface area contributed by atoms with Gasteiger partial charge in [-0.2, -0.15) is 0 Å². The monoisotopic (exact) mass is 369 g/mol. The molecular weight excluding hydrogens is 346 g/mol. The second kappa shape index (κ2) is 7.83. The van der Waals surface area contributed by atoms with Crippen molar-refractivity contribution < 1.29 is 9.59 Å². The summed E-state index contributed by atoms with van der Waals surface area (Å²) in [6.07, 6.45) is 0. The predicted octanol–water partition coefficient (Wildman–Crippen LogP) is 4.16. The van der Waals surface area contributed by atoms with E-state index >= 15 is 0 Å². The van der Waals surface area contributed by atoms with Crippen molar-refractivity contribution in [3.63, 3.8) is 0 Å². The van der Waals surface area contributed by atoms with Crippen molar-refractivity contribution in [1.29, 1.82) is 0 Å². The highest BCUT2D eigenvalue weighted by Crippen LogP contribution is 2.38. The van der Waals surface area contributed by atoms with Gasteiger partial charge in [0.15, 0.2) is 0 Å². The second-order valence-electron chi connectivity index (χ2n) is 6.69. The van der Waals surface area contributed by atoms with Crippen molar-refractivity contribution in [1.82, 2.24) is 5.32 Å². The van der Waals surface area contributed by atoms with Crippen LogP contribution >= 0.6 is 11.8 Å². The molecule has 1 heterocycles. The molecule has 5 nitrogen and oxygen atoms in total. The van der Waals surface area contributed by atoms with Crippen LogP contribution in [0.25, 0.3) is 0 Å². The standard InChI is InChI=1S/C20H23N3O2S/c1-13(2)21-20(25)22-16-8-9-18-17(10-16)23(19(24)12-26-18)11-15-6-4-14(3)5-7-15/h4-10,13H,11-12H2,1-3H3,(H2,21,22,25). The van der Waals surface area contributed by atoms with Crippen molar-refractivity contribution in [2.24, 2.45) is 0 Å². The number of fused-ring (bicyclic) bond motifs is 1. The molecule has 0 fully saturated rings. The van der Waals surface area contributed by atoms with Gasteiger partial charge in [-0.3, -0.25) is 4.79 Å². The van der Waals surface area contributed by atoms with Gasteiger partial charge in [0.2, 0.25) is 5.91 Å². The Morgan fingerprint density at radius 2 is 1.92 bits per heavy atom. The first-order valence-electron chi connectivity index (χ1n) is 8.62. The van der Waals surface area contributed by atoms with Crippen LogP contribution in [-0.4, -0.2) is 23.7 Å². The van der Waals surface area contributed by atoms with E-state index in [-0.39, 0.29) is 18.0 Å². The molecule has 3 amide bonds. The van der Waals surface area contributed by atoms with E-state index in [9.17, 15) is 9.59 Å². The molecule has 0 aromatic heterocycles. The normalized spacial score (nSPS) is 13.5. The quantitative estimate of drug-likeness (QED) is 0.850. The van der Waals surface area contributed by atoms with E-state index in [1.54, 1.807) is 4.90 Å². The van der Waals surface area contributed by atoms with Gasteiger partial charge in [0.25, 0.3) is 0 Å². The minimum atomic E-state index is -0.250. The summed E-state index contributed by atoms with van der Waals surface area (Å²) in [5, 5.41) is 5.63. The Morgan fingerprint density at radius 3 is 2.62 bits per heavy atom. The van der Waals surface area contributed by atoms with E-state index < -0.39 is 0 Å². The van der Waals surface area contributed by atoms with Crippen molar-refractivity contribution in [2.45, 2.75) is 38.3 Å². The number of aryl methyl sites for hydroxylation is 1. The summed E-state index contributed by atoms with van der Waals surface area (Å²) in [6.45, 7) is 6.38. The molecule has 0 aliphatic carbocycles. The Labute approximate surface area is 158 Å². The van der Waals surface area contributed by atoms with Crippen LogP contribution in [0.2, 0.25) is 0 Å². The average molecular weight is 369 g/mol. The van der Waals surface area contributed by atoms with Crippen molar-refractivity contribution >= 4 is 35.1 Å². The third-order valence-electron chi connectivity index (χ3n) is 4.04. The molecule has 0 saturated carbocycles. The first-order chi connectivity index (χ1) is 12.4. The maximum Gasteiger partial charge on any atom is 0.319 e. The van der Waals surface area contributed by atoms with E-state index in [0.717, 1.165) is 16.1 Å². The number of urea groups is 1. The van der Waals surface area contributed by atoms with Crippen LogP contribution in [-0.2, 0) is 11.3 Å². The molecule has 2 aromatic rings. The van der Waals surface area contributed by atoms with E-state index in [1.807, 2.05) is 63.2 Å². The van der Waals surface area contributed by atoms with E-state index in [1.165, 1.54) is 17.3 Å². The first kappa shape index (κ1) is 18.3. The van der Waals surface area contributed by atoms with Gasteiger partial charge in [0, 0.05) is 16.6 Å². The first-order valence-corrected chi connectivity index (χ1v) is 9.61. The lowest BCUT2D eigenvalue weighted by molar-refractivity contribution is -0.116. The molecular formula is C20H23N3O2S. The lowest BCUT2D eigenvalue weighted by Crippen LogP contribution is -2.35. The number of rotatable bonds is 4. The number of nitrogens with one attached hydrogen (secondary N) is 2. The van der Waals surface area contributed by atoms with E-state index in [0.29, 0.717) is 18.0 Å². The van der Waals surface area contributed by atoms with Crippen LogP contribution in [0.5, 0.6) is 0 Å². The van der Waals surface area contributed by atoms with E-state index in [4.69, 9.17) is 0 Å². The molecule has 0 spiro atoms. The molecule has 2 aromatic carbocycles. The minimum Gasteiger partial charge on any atom is -0.336 e. The predicted molar refractivity (Wildman–Crippen MR) is 107 cm³/mol. The second-order valence-corrected chi connectivity index (χ2v) is 7.71. The Kier molecular flexibility index (Phi) is 5.52. The SMILES string of the molecule is Cc1ccc(CN2C(=O)CSc3ccc(NC(=O)NC(C)C)cc32)cc1. The summed E-state index contributed by atoms with van der Waals surface area (Å²) in [6, 6.07) is 13.7. The maximum absolute atomic E-state index is 12.5. The van der Waals surface area contributed by atoms with Gasteiger partial charge in [-0.25, -0.2) is 4.79 Å². The molecule has 0 radical (unpaired) electrons. The third kappa shape index (κ3) is 4.38. The van der Waals surface area contributed by atoms with Crippen LogP contribution < -0.4 is 15.5 Å². The zero-order valence-corrected chi connectivity index (χ0v) is 16.0. The van der Waals surface area contributed by atoms with Gasteiger partial charge in [0.1, 0.15) is 0 Å². The van der Waals surface area contributed by atoms with Gasteiger partial charge < -0.3 is 15.5 Å². The fourth-order valence-corrected chi connectivity index (χ4v) is 3.67. The molecule has 0 bridgehead atoms. The maximum atomic E-state index is 12.5. The number of nitrogens with zero attached hydrogens (tertiary/aromatic N) is 1. The third-order valence-corrected chi connectivity index (χ3v) is 5.09. The molecule has 3 rings (SSSR count).